The summed E-state index contributed by atoms with van der Waals surface area (Å²) >= 11 is 0. The summed E-state index contributed by atoms with van der Waals surface area (Å²) in [7, 11) is 7.33. The highest BCUT2D eigenvalue weighted by Crippen LogP contribution is 2.32. The van der Waals surface area contributed by atoms with Crippen molar-refractivity contribution in [1.29, 1.82) is 0 Å². The summed E-state index contributed by atoms with van der Waals surface area (Å²) in [5.41, 5.74) is 2.37. The number of imide groups is 1. The summed E-state index contributed by atoms with van der Waals surface area (Å²) in [5.74, 6) is 0.0201. The smallest absolute Gasteiger partial charge is 0.261 e. The lowest BCUT2D eigenvalue weighted by atomic mass is 10.0. The number of methoxy groups -OCH3 is 1. The van der Waals surface area contributed by atoms with Gasteiger partial charge in [0, 0.05) is 44.7 Å². The zero-order valence-electron chi connectivity index (χ0n) is 34.3. The van der Waals surface area contributed by atoms with Gasteiger partial charge >= 0.3 is 0 Å². The van der Waals surface area contributed by atoms with E-state index in [1.54, 1.807) is 73.8 Å². The second kappa shape index (κ2) is 20.0. The first-order chi connectivity index (χ1) is 28.6. The van der Waals surface area contributed by atoms with Gasteiger partial charge in [0.05, 0.1) is 48.4 Å². The lowest BCUT2D eigenvalue weighted by Gasteiger charge is -2.35. The number of ether oxygens (including phenoxy) is 3. The fourth-order valence-corrected chi connectivity index (χ4v) is 7.43. The molecule has 0 aromatic heterocycles. The Morgan fingerprint density at radius 1 is 0.729 bits per heavy atom. The fourth-order valence-electron chi connectivity index (χ4n) is 7.43. The molecular weight excluding hydrogens is 751 g/mol. The fraction of sp³-hybridized carbons (Fsp3) is 0.370. The minimum Gasteiger partial charge on any atom is -0.495 e. The molecule has 1 N–H and O–H groups in total. The average molecular weight is 804 g/mol. The van der Waals surface area contributed by atoms with E-state index in [0.717, 1.165) is 45.2 Å². The van der Waals surface area contributed by atoms with Crippen LogP contribution in [0, 0.1) is 0 Å². The number of benzene rings is 4. The van der Waals surface area contributed by atoms with Crippen LogP contribution in [0.2, 0.25) is 0 Å². The van der Waals surface area contributed by atoms with Crippen molar-refractivity contribution >= 4 is 40.9 Å². The maximum absolute atomic E-state index is 13.8. The number of fused-ring (bicyclic) bond motifs is 1. The number of piperidine rings is 1. The number of nitrogens with one attached hydrogen (secondary N) is 1. The molecule has 2 aliphatic heterocycles. The predicted molar refractivity (Wildman–Crippen MR) is 226 cm³/mol. The standard InChI is InChI=1S/C46H53N5O8/c1-48(2)33-24-27-50(28-25-33)42(52)21-6-5-13-29-59-40-20-12-10-18-38(40)49(3)44(54)32-22-23-37(41(31-32)57-4)47-43(53)36-17-9-11-19-39(36)58-30-14-26-51-45(55)34-15-7-8-16-35(34)46(51)56/h7-12,15-20,22-23,31,33H,5-6,13-14,21,24-30H2,1-4H3,(H,47,53). The zero-order chi connectivity index (χ0) is 41.9. The summed E-state index contributed by atoms with van der Waals surface area (Å²) in [6, 6.07) is 26.2. The van der Waals surface area contributed by atoms with Crippen LogP contribution in [0.3, 0.4) is 0 Å². The highest BCUT2D eigenvalue weighted by Gasteiger charge is 2.34. The number of nitrogens with zero attached hydrogens (tertiary/aromatic N) is 4. The van der Waals surface area contributed by atoms with Crippen molar-refractivity contribution in [3.05, 3.63) is 113 Å². The van der Waals surface area contributed by atoms with E-state index in [0.29, 0.717) is 65.1 Å². The third kappa shape index (κ3) is 10.3. The summed E-state index contributed by atoms with van der Waals surface area (Å²) in [5, 5.41) is 2.87. The van der Waals surface area contributed by atoms with Gasteiger partial charge in [0.15, 0.2) is 0 Å². The molecule has 4 aromatic rings. The van der Waals surface area contributed by atoms with Gasteiger partial charge < -0.3 is 34.2 Å². The van der Waals surface area contributed by atoms with E-state index in [1.807, 2.05) is 29.2 Å². The molecule has 4 aromatic carbocycles. The molecule has 0 radical (unpaired) electrons. The molecule has 13 nitrogen and oxygen atoms in total. The number of para-hydroxylation sites is 3. The van der Waals surface area contributed by atoms with Crippen LogP contribution < -0.4 is 24.4 Å². The summed E-state index contributed by atoms with van der Waals surface area (Å²) in [4.78, 5) is 72.4. The van der Waals surface area contributed by atoms with E-state index >= 15 is 0 Å². The number of carbonyl (C=O) groups is 5. The molecule has 13 heteroatoms. The number of carbonyl (C=O) groups excluding carboxylic acids is 5. The van der Waals surface area contributed by atoms with Gasteiger partial charge in [0.2, 0.25) is 5.91 Å². The maximum atomic E-state index is 13.8. The Morgan fingerprint density at radius 3 is 2.05 bits per heavy atom. The van der Waals surface area contributed by atoms with Gasteiger partial charge in [-0.2, -0.15) is 0 Å². The third-order valence-corrected chi connectivity index (χ3v) is 10.9. The molecule has 1 fully saturated rings. The SMILES string of the molecule is COc1cc(C(=O)N(C)c2ccccc2OCCCCCC(=O)N2CCC(N(C)C)CC2)ccc1NC(=O)c1ccccc1OCCCN1C(=O)c2ccccc2C1=O. The Morgan fingerprint density at radius 2 is 1.36 bits per heavy atom. The van der Waals surface area contributed by atoms with E-state index in [-0.39, 0.29) is 48.1 Å². The van der Waals surface area contributed by atoms with E-state index in [1.165, 1.54) is 16.9 Å². The zero-order valence-corrected chi connectivity index (χ0v) is 34.3. The highest BCUT2D eigenvalue weighted by atomic mass is 16.5. The van der Waals surface area contributed by atoms with Gasteiger partial charge in [-0.05, 0) is 107 Å². The molecule has 0 bridgehead atoms. The third-order valence-electron chi connectivity index (χ3n) is 10.9. The van der Waals surface area contributed by atoms with Gasteiger partial charge in [0.1, 0.15) is 17.2 Å². The molecule has 5 amide bonds. The van der Waals surface area contributed by atoms with E-state index in [9.17, 15) is 24.0 Å². The van der Waals surface area contributed by atoms with Crippen molar-refractivity contribution in [2.24, 2.45) is 0 Å². The summed E-state index contributed by atoms with van der Waals surface area (Å²) in [6.07, 6.45) is 5.39. The van der Waals surface area contributed by atoms with E-state index in [4.69, 9.17) is 14.2 Å². The summed E-state index contributed by atoms with van der Waals surface area (Å²) in [6.45, 7) is 2.44. The van der Waals surface area contributed by atoms with Crippen LogP contribution in [0.4, 0.5) is 11.4 Å². The van der Waals surface area contributed by atoms with Crippen molar-refractivity contribution in [2.75, 3.05) is 71.3 Å². The van der Waals surface area contributed by atoms with Crippen LogP contribution in [0.5, 0.6) is 17.2 Å². The quantitative estimate of drug-likeness (QED) is 0.0853. The molecule has 310 valence electrons. The lowest BCUT2D eigenvalue weighted by molar-refractivity contribution is -0.132. The van der Waals surface area contributed by atoms with Gasteiger partial charge in [-0.1, -0.05) is 36.4 Å². The molecule has 6 rings (SSSR count). The van der Waals surface area contributed by atoms with Gasteiger partial charge in [-0.25, -0.2) is 0 Å². The molecule has 59 heavy (non-hydrogen) atoms. The van der Waals surface area contributed by atoms with Crippen molar-refractivity contribution in [1.82, 2.24) is 14.7 Å². The average Bonchev–Trinajstić information content (AvgIpc) is 3.50. The molecule has 0 saturated carbocycles. The topological polar surface area (TPSA) is 138 Å². The number of unbranched alkanes of at least 4 members (excludes halogenated alkanes) is 2. The Bertz CT molecular complexity index is 2110. The Labute approximate surface area is 345 Å². The molecule has 0 aliphatic carbocycles. The van der Waals surface area contributed by atoms with Crippen LogP contribution in [-0.4, -0.2) is 111 Å². The van der Waals surface area contributed by atoms with Crippen molar-refractivity contribution in [2.45, 2.75) is 51.0 Å². The number of rotatable bonds is 18. The number of amides is 5. The van der Waals surface area contributed by atoms with Crippen LogP contribution >= 0.6 is 0 Å². The number of anilines is 2. The minimum atomic E-state index is -0.451. The molecule has 0 unspecified atom stereocenters. The first kappa shape index (κ1) is 42.4. The Balaban J connectivity index is 0.985. The van der Waals surface area contributed by atoms with Crippen LogP contribution in [0.1, 0.15) is 86.4 Å². The van der Waals surface area contributed by atoms with E-state index in [2.05, 4.69) is 24.3 Å². The molecule has 0 spiro atoms. The number of hydrogen-bond donors (Lipinski definition) is 1. The molecule has 1 saturated heterocycles. The van der Waals surface area contributed by atoms with Gasteiger partial charge in [-0.15, -0.1) is 0 Å². The first-order valence-electron chi connectivity index (χ1n) is 20.2. The molecule has 0 atom stereocenters. The lowest BCUT2D eigenvalue weighted by Crippen LogP contribution is -2.44. The molecule has 2 heterocycles. The van der Waals surface area contributed by atoms with E-state index < -0.39 is 5.91 Å². The van der Waals surface area contributed by atoms with Crippen LogP contribution in [-0.2, 0) is 4.79 Å². The molecule has 2 aliphatic rings. The van der Waals surface area contributed by atoms with Crippen molar-refractivity contribution in [3.63, 3.8) is 0 Å². The Kier molecular flexibility index (Phi) is 14.4. The second-order valence-corrected chi connectivity index (χ2v) is 14.9. The largest absolute Gasteiger partial charge is 0.495 e. The first-order valence-corrected chi connectivity index (χ1v) is 20.2. The maximum Gasteiger partial charge on any atom is 0.261 e. The van der Waals surface area contributed by atoms with Crippen LogP contribution in [0.25, 0.3) is 0 Å². The van der Waals surface area contributed by atoms with Crippen molar-refractivity contribution < 1.29 is 38.2 Å². The molecular formula is C46H53N5O8. The normalized spacial score (nSPS) is 14.0. The number of hydrogen-bond acceptors (Lipinski definition) is 9. The monoisotopic (exact) mass is 803 g/mol. The van der Waals surface area contributed by atoms with Gasteiger partial charge in [0.25, 0.3) is 23.6 Å². The summed E-state index contributed by atoms with van der Waals surface area (Å²) < 4.78 is 17.7. The number of likely N-dealkylation sites (tertiary alicyclic amines) is 1. The highest BCUT2D eigenvalue weighted by molar-refractivity contribution is 6.21. The van der Waals surface area contributed by atoms with Gasteiger partial charge in [-0.3, -0.25) is 28.9 Å². The predicted octanol–water partition coefficient (Wildman–Crippen LogP) is 6.78. The Hall–Kier alpha value is -6.21. The van der Waals surface area contributed by atoms with Crippen LogP contribution in [0.15, 0.2) is 91.0 Å². The minimum absolute atomic E-state index is 0.165. The second-order valence-electron chi connectivity index (χ2n) is 14.9. The van der Waals surface area contributed by atoms with Crippen molar-refractivity contribution in [3.8, 4) is 17.2 Å².